The fourth-order valence-electron chi connectivity index (χ4n) is 1.50. The summed E-state index contributed by atoms with van der Waals surface area (Å²) in [4.78, 5) is 12.7. The van der Waals surface area contributed by atoms with Crippen molar-refractivity contribution in [1.82, 2.24) is 10.2 Å². The van der Waals surface area contributed by atoms with Gasteiger partial charge in [0.05, 0.1) is 11.5 Å². The zero-order valence-electron chi connectivity index (χ0n) is 11.8. The predicted molar refractivity (Wildman–Crippen MR) is 77.7 cm³/mol. The molecule has 21 heavy (non-hydrogen) atoms. The average Bonchev–Trinajstić information content (AvgIpc) is 3.14. The highest BCUT2D eigenvalue weighted by Crippen LogP contribution is 2.25. The Hall–Kier alpha value is -1.99. The first-order chi connectivity index (χ1) is 10.1. The standard InChI is InChI=1S/C14H16N2O4S/c1-4-7-18-10(3)14(17)19-9(2)12-15-16-13(20-12)11-6-5-8-21-11/h4-6,8-10H,1,7H2,2-3H3. The van der Waals surface area contributed by atoms with Gasteiger partial charge in [-0.25, -0.2) is 4.79 Å². The number of hydrogen-bond acceptors (Lipinski definition) is 7. The van der Waals surface area contributed by atoms with Gasteiger partial charge in [-0.15, -0.1) is 28.1 Å². The Balaban J connectivity index is 1.96. The van der Waals surface area contributed by atoms with Gasteiger partial charge in [-0.05, 0) is 25.3 Å². The van der Waals surface area contributed by atoms with Crippen LogP contribution in [-0.4, -0.2) is 28.9 Å². The van der Waals surface area contributed by atoms with E-state index in [4.69, 9.17) is 13.9 Å². The monoisotopic (exact) mass is 308 g/mol. The second-order valence-electron chi connectivity index (χ2n) is 4.27. The van der Waals surface area contributed by atoms with Crippen molar-refractivity contribution in [1.29, 1.82) is 0 Å². The molecule has 2 aromatic heterocycles. The van der Waals surface area contributed by atoms with Crippen molar-refractivity contribution >= 4 is 17.3 Å². The number of nitrogens with zero attached hydrogens (tertiary/aromatic N) is 2. The van der Waals surface area contributed by atoms with Crippen LogP contribution in [0.25, 0.3) is 10.8 Å². The third-order valence-electron chi connectivity index (χ3n) is 2.61. The van der Waals surface area contributed by atoms with Crippen LogP contribution in [0.2, 0.25) is 0 Å². The highest BCUT2D eigenvalue weighted by atomic mass is 32.1. The summed E-state index contributed by atoms with van der Waals surface area (Å²) in [6.45, 7) is 7.09. The number of aromatic nitrogens is 2. The molecular formula is C14H16N2O4S. The Morgan fingerprint density at radius 2 is 2.33 bits per heavy atom. The molecule has 2 rings (SSSR count). The van der Waals surface area contributed by atoms with Gasteiger partial charge in [-0.2, -0.15) is 0 Å². The molecule has 0 radical (unpaired) electrons. The first-order valence-corrected chi connectivity index (χ1v) is 7.30. The summed E-state index contributed by atoms with van der Waals surface area (Å²) in [6, 6.07) is 3.77. The molecule has 0 fully saturated rings. The molecule has 0 spiro atoms. The van der Waals surface area contributed by atoms with Gasteiger partial charge < -0.3 is 13.9 Å². The van der Waals surface area contributed by atoms with Gasteiger partial charge in [-0.3, -0.25) is 0 Å². The van der Waals surface area contributed by atoms with Gasteiger partial charge in [0.25, 0.3) is 11.8 Å². The molecule has 112 valence electrons. The largest absolute Gasteiger partial charge is 0.451 e. The Morgan fingerprint density at radius 3 is 3.00 bits per heavy atom. The second kappa shape index (κ2) is 7.14. The molecule has 0 N–H and O–H groups in total. The minimum Gasteiger partial charge on any atom is -0.451 e. The van der Waals surface area contributed by atoms with Gasteiger partial charge in [0.1, 0.15) is 0 Å². The molecule has 0 aliphatic carbocycles. The van der Waals surface area contributed by atoms with E-state index in [-0.39, 0.29) is 12.5 Å². The minimum absolute atomic E-state index is 0.252. The molecule has 6 nitrogen and oxygen atoms in total. The van der Waals surface area contributed by atoms with Gasteiger partial charge in [0.15, 0.2) is 12.2 Å². The zero-order valence-corrected chi connectivity index (χ0v) is 12.6. The summed E-state index contributed by atoms with van der Waals surface area (Å²) in [7, 11) is 0. The molecule has 0 amide bonds. The molecule has 7 heteroatoms. The summed E-state index contributed by atoms with van der Waals surface area (Å²) in [5, 5.41) is 9.76. The lowest BCUT2D eigenvalue weighted by atomic mass is 10.3. The molecule has 0 saturated carbocycles. The maximum Gasteiger partial charge on any atom is 0.335 e. The molecule has 2 heterocycles. The zero-order chi connectivity index (χ0) is 15.2. The topological polar surface area (TPSA) is 74.5 Å². The summed E-state index contributed by atoms with van der Waals surface area (Å²) in [5.41, 5.74) is 0. The molecule has 0 saturated heterocycles. The van der Waals surface area contributed by atoms with Crippen molar-refractivity contribution in [2.45, 2.75) is 26.1 Å². The predicted octanol–water partition coefficient (Wildman–Crippen LogP) is 2.99. The second-order valence-corrected chi connectivity index (χ2v) is 5.21. The number of carbonyl (C=O) groups excluding carboxylic acids is 1. The molecular weight excluding hydrogens is 292 g/mol. The van der Waals surface area contributed by atoms with Crippen LogP contribution in [0.1, 0.15) is 25.8 Å². The van der Waals surface area contributed by atoms with Crippen LogP contribution in [-0.2, 0) is 14.3 Å². The number of ether oxygens (including phenoxy) is 2. The van der Waals surface area contributed by atoms with Crippen molar-refractivity contribution in [3.63, 3.8) is 0 Å². The smallest absolute Gasteiger partial charge is 0.335 e. The van der Waals surface area contributed by atoms with Crippen LogP contribution < -0.4 is 0 Å². The first-order valence-electron chi connectivity index (χ1n) is 6.42. The highest BCUT2D eigenvalue weighted by Gasteiger charge is 2.22. The summed E-state index contributed by atoms with van der Waals surface area (Å²) in [5.74, 6) is 0.182. The molecule has 0 aliphatic heterocycles. The Morgan fingerprint density at radius 1 is 1.52 bits per heavy atom. The van der Waals surface area contributed by atoms with Crippen molar-refractivity contribution in [3.8, 4) is 10.8 Å². The quantitative estimate of drug-likeness (QED) is 0.578. The van der Waals surface area contributed by atoms with Gasteiger partial charge in [-0.1, -0.05) is 12.1 Å². The van der Waals surface area contributed by atoms with Crippen LogP contribution in [0.3, 0.4) is 0 Å². The first kappa shape index (κ1) is 15.4. The van der Waals surface area contributed by atoms with Crippen molar-refractivity contribution in [2.75, 3.05) is 6.61 Å². The van der Waals surface area contributed by atoms with Gasteiger partial charge >= 0.3 is 5.97 Å². The molecule has 0 aliphatic rings. The Labute approximate surface area is 126 Å². The Kier molecular flexibility index (Phi) is 5.24. The normalized spacial score (nSPS) is 13.6. The summed E-state index contributed by atoms with van der Waals surface area (Å²) in [6.07, 6.45) is 0.261. The van der Waals surface area contributed by atoms with Crippen LogP contribution in [0, 0.1) is 0 Å². The molecule has 0 bridgehead atoms. The highest BCUT2D eigenvalue weighted by molar-refractivity contribution is 7.13. The fraction of sp³-hybridized carbons (Fsp3) is 0.357. The van der Waals surface area contributed by atoms with E-state index in [1.807, 2.05) is 17.5 Å². The van der Waals surface area contributed by atoms with Gasteiger partial charge in [0, 0.05) is 0 Å². The number of esters is 1. The van der Waals surface area contributed by atoms with E-state index in [1.165, 1.54) is 11.3 Å². The third kappa shape index (κ3) is 3.99. The summed E-state index contributed by atoms with van der Waals surface area (Å²) >= 11 is 1.50. The Bertz CT molecular complexity index is 594. The molecule has 2 aromatic rings. The SMILES string of the molecule is C=CCOC(C)C(=O)OC(C)c1nnc(-c2cccs2)o1. The minimum atomic E-state index is -0.676. The fourth-order valence-corrected chi connectivity index (χ4v) is 2.14. The van der Waals surface area contributed by atoms with E-state index >= 15 is 0 Å². The van der Waals surface area contributed by atoms with Crippen molar-refractivity contribution in [3.05, 3.63) is 36.1 Å². The van der Waals surface area contributed by atoms with Crippen LogP contribution in [0.5, 0.6) is 0 Å². The lowest BCUT2D eigenvalue weighted by Gasteiger charge is -2.14. The number of hydrogen-bond donors (Lipinski definition) is 0. The number of thiophene rings is 1. The van der Waals surface area contributed by atoms with Crippen molar-refractivity contribution in [2.24, 2.45) is 0 Å². The summed E-state index contributed by atoms with van der Waals surface area (Å²) < 4.78 is 15.9. The van der Waals surface area contributed by atoms with E-state index in [1.54, 1.807) is 19.9 Å². The van der Waals surface area contributed by atoms with E-state index in [0.717, 1.165) is 4.88 Å². The molecule has 2 atom stereocenters. The lowest BCUT2D eigenvalue weighted by molar-refractivity contribution is -0.161. The number of carbonyl (C=O) groups is 1. The maximum absolute atomic E-state index is 11.8. The van der Waals surface area contributed by atoms with Crippen LogP contribution >= 0.6 is 11.3 Å². The van der Waals surface area contributed by atoms with E-state index in [9.17, 15) is 4.79 Å². The van der Waals surface area contributed by atoms with Crippen molar-refractivity contribution < 1.29 is 18.7 Å². The third-order valence-corrected chi connectivity index (χ3v) is 3.47. The average molecular weight is 308 g/mol. The lowest BCUT2D eigenvalue weighted by Crippen LogP contribution is -2.24. The van der Waals surface area contributed by atoms with Crippen LogP contribution in [0.4, 0.5) is 0 Å². The van der Waals surface area contributed by atoms with E-state index in [0.29, 0.717) is 5.89 Å². The van der Waals surface area contributed by atoms with Crippen LogP contribution in [0.15, 0.2) is 34.6 Å². The van der Waals surface area contributed by atoms with E-state index in [2.05, 4.69) is 16.8 Å². The maximum atomic E-state index is 11.8. The van der Waals surface area contributed by atoms with Gasteiger partial charge in [0.2, 0.25) is 0 Å². The molecule has 2 unspecified atom stereocenters. The molecule has 0 aromatic carbocycles. The van der Waals surface area contributed by atoms with E-state index < -0.39 is 18.2 Å². The number of rotatable bonds is 7.